The van der Waals surface area contributed by atoms with Gasteiger partial charge in [-0.15, -0.1) is 22.7 Å². The molecule has 1 aliphatic rings. The van der Waals surface area contributed by atoms with E-state index in [4.69, 9.17) is 0 Å². The Hall–Kier alpha value is -5.22. The lowest BCUT2D eigenvalue weighted by atomic mass is 9.82. The smallest absolute Gasteiger partial charge is 0.0622 e. The second-order valence-corrected chi connectivity index (χ2v) is 15.8. The van der Waals surface area contributed by atoms with Crippen molar-refractivity contribution in [2.75, 3.05) is 0 Å². The number of hydrogen-bond acceptors (Lipinski definition) is 2. The average molecular weight is 648 g/mol. The summed E-state index contributed by atoms with van der Waals surface area (Å²) in [5.74, 6) is 0. The van der Waals surface area contributed by atoms with Crippen LogP contribution in [-0.2, 0) is 5.41 Å². The predicted octanol–water partition coefficient (Wildman–Crippen LogP) is 13.5. The second-order valence-electron chi connectivity index (χ2n) is 13.7. The maximum Gasteiger partial charge on any atom is 0.0622 e. The molecule has 226 valence electrons. The van der Waals surface area contributed by atoms with Crippen molar-refractivity contribution < 1.29 is 0 Å². The van der Waals surface area contributed by atoms with Crippen molar-refractivity contribution in [1.29, 1.82) is 0 Å². The average Bonchev–Trinajstić information content (AvgIpc) is 3.84. The molecule has 0 aliphatic heterocycles. The van der Waals surface area contributed by atoms with E-state index in [2.05, 4.69) is 158 Å². The van der Waals surface area contributed by atoms with Gasteiger partial charge in [0.05, 0.1) is 11.0 Å². The summed E-state index contributed by atoms with van der Waals surface area (Å²) >= 11 is 3.81. The fraction of sp³-hybridized carbons (Fsp3) is 0.0667. The number of aromatic nitrogens is 1. The Labute approximate surface area is 285 Å². The van der Waals surface area contributed by atoms with Gasteiger partial charge in [-0.1, -0.05) is 123 Å². The van der Waals surface area contributed by atoms with Crippen molar-refractivity contribution in [2.24, 2.45) is 0 Å². The van der Waals surface area contributed by atoms with Crippen LogP contribution in [0.25, 0.3) is 90.1 Å². The van der Waals surface area contributed by atoms with Crippen LogP contribution in [0.5, 0.6) is 0 Å². The van der Waals surface area contributed by atoms with E-state index in [1.165, 1.54) is 101 Å². The number of hydrogen-bond donors (Lipinski definition) is 0. The molecule has 0 fully saturated rings. The number of benzene rings is 7. The molecule has 3 heteroatoms. The van der Waals surface area contributed by atoms with Crippen LogP contribution >= 0.6 is 22.7 Å². The van der Waals surface area contributed by atoms with Gasteiger partial charge in [-0.25, -0.2) is 0 Å². The van der Waals surface area contributed by atoms with Crippen LogP contribution in [0.3, 0.4) is 0 Å². The fourth-order valence-electron chi connectivity index (χ4n) is 8.56. The number of thiophene rings is 2. The van der Waals surface area contributed by atoms with Crippen LogP contribution in [0, 0.1) is 0 Å². The zero-order chi connectivity index (χ0) is 31.7. The molecule has 0 N–H and O–H groups in total. The highest BCUT2D eigenvalue weighted by molar-refractivity contribution is 7.26. The minimum absolute atomic E-state index is 0.0469. The monoisotopic (exact) mass is 647 g/mol. The van der Waals surface area contributed by atoms with E-state index in [-0.39, 0.29) is 5.41 Å². The normalized spacial score (nSPS) is 13.8. The molecule has 48 heavy (non-hydrogen) atoms. The molecule has 10 aromatic rings. The summed E-state index contributed by atoms with van der Waals surface area (Å²) < 4.78 is 7.89. The van der Waals surface area contributed by atoms with Crippen LogP contribution in [0.2, 0.25) is 0 Å². The number of rotatable bonds is 2. The van der Waals surface area contributed by atoms with E-state index in [0.29, 0.717) is 0 Å². The first-order chi connectivity index (χ1) is 23.6. The van der Waals surface area contributed by atoms with Crippen molar-refractivity contribution in [3.8, 4) is 27.9 Å². The third-order valence-electron chi connectivity index (χ3n) is 10.8. The molecule has 0 unspecified atom stereocenters. The van der Waals surface area contributed by atoms with Gasteiger partial charge in [-0.2, -0.15) is 0 Å². The number of nitrogens with zero attached hydrogens (tertiary/aromatic N) is 1. The van der Waals surface area contributed by atoms with E-state index in [1.54, 1.807) is 0 Å². The van der Waals surface area contributed by atoms with Gasteiger partial charge in [0.2, 0.25) is 0 Å². The Morgan fingerprint density at radius 2 is 1.17 bits per heavy atom. The van der Waals surface area contributed by atoms with Gasteiger partial charge < -0.3 is 4.57 Å². The standard InChI is InChI=1S/C45H29NS2/c1-45(2)36-15-6-3-12-35(36)42-37(45)23-22-33-29-10-4-7-16-38(29)46(43(33)42)27-19-21-32-31-20-18-26(24-40(31)47-41(32)25-27)28-13-9-14-34-30-11-5-8-17-39(30)48-44(28)34/h3-25H,1-2H3. The van der Waals surface area contributed by atoms with E-state index in [0.717, 1.165) is 0 Å². The highest BCUT2D eigenvalue weighted by Crippen LogP contribution is 2.53. The molecule has 3 aromatic heterocycles. The van der Waals surface area contributed by atoms with Crippen LogP contribution < -0.4 is 0 Å². The molecule has 0 saturated carbocycles. The SMILES string of the molecule is CC1(C)c2ccccc2-c2c1ccc1c3ccccc3n(-c3ccc4c(c3)sc3cc(-c5cccc6c5sc5ccccc56)ccc34)c21. The molecule has 0 atom stereocenters. The third-order valence-corrected chi connectivity index (χ3v) is 13.1. The third kappa shape index (κ3) is 3.45. The minimum atomic E-state index is -0.0469. The first kappa shape index (κ1) is 26.8. The van der Waals surface area contributed by atoms with Crippen LogP contribution in [0.4, 0.5) is 0 Å². The fourth-order valence-corrected chi connectivity index (χ4v) is 11.0. The molecule has 1 nitrogen and oxygen atoms in total. The highest BCUT2D eigenvalue weighted by Gasteiger charge is 2.37. The van der Waals surface area contributed by atoms with Gasteiger partial charge >= 0.3 is 0 Å². The molecule has 0 amide bonds. The van der Waals surface area contributed by atoms with Gasteiger partial charge in [-0.3, -0.25) is 0 Å². The summed E-state index contributed by atoms with van der Waals surface area (Å²) in [6.45, 7) is 4.74. The molecule has 1 aliphatic carbocycles. The number of para-hydroxylation sites is 1. The topological polar surface area (TPSA) is 4.93 Å². The first-order valence-electron chi connectivity index (χ1n) is 16.6. The molecule has 3 heterocycles. The van der Waals surface area contributed by atoms with Crippen molar-refractivity contribution in [3.05, 3.63) is 151 Å². The van der Waals surface area contributed by atoms with Gasteiger partial charge in [0, 0.05) is 67.8 Å². The summed E-state index contributed by atoms with van der Waals surface area (Å²) in [7, 11) is 0. The summed E-state index contributed by atoms with van der Waals surface area (Å²) in [6.07, 6.45) is 0. The maximum atomic E-state index is 2.53. The van der Waals surface area contributed by atoms with Gasteiger partial charge in [0.1, 0.15) is 0 Å². The molecule has 0 saturated heterocycles. The van der Waals surface area contributed by atoms with Gasteiger partial charge in [0.25, 0.3) is 0 Å². The molecule has 0 spiro atoms. The summed E-state index contributed by atoms with van der Waals surface area (Å²) in [5, 5.41) is 7.95. The van der Waals surface area contributed by atoms with Gasteiger partial charge in [0.15, 0.2) is 0 Å². The zero-order valence-electron chi connectivity index (χ0n) is 26.5. The van der Waals surface area contributed by atoms with Gasteiger partial charge in [-0.05, 0) is 58.1 Å². The molecule has 0 bridgehead atoms. The Balaban J connectivity index is 1.14. The van der Waals surface area contributed by atoms with Crippen LogP contribution in [0.15, 0.2) is 140 Å². The van der Waals surface area contributed by atoms with Crippen molar-refractivity contribution in [3.63, 3.8) is 0 Å². The lowest BCUT2D eigenvalue weighted by Crippen LogP contribution is -2.14. The quantitative estimate of drug-likeness (QED) is 0.176. The van der Waals surface area contributed by atoms with Crippen LogP contribution in [-0.4, -0.2) is 4.57 Å². The largest absolute Gasteiger partial charge is 0.309 e. The molecular formula is C45H29NS2. The number of fused-ring (bicyclic) bond motifs is 13. The van der Waals surface area contributed by atoms with Crippen molar-refractivity contribution in [1.82, 2.24) is 4.57 Å². The lowest BCUT2D eigenvalue weighted by Gasteiger charge is -2.21. The Kier molecular flexibility index (Phi) is 5.27. The molecule has 7 aromatic carbocycles. The van der Waals surface area contributed by atoms with E-state index in [9.17, 15) is 0 Å². The molecule has 11 rings (SSSR count). The minimum Gasteiger partial charge on any atom is -0.309 e. The zero-order valence-corrected chi connectivity index (χ0v) is 28.2. The Morgan fingerprint density at radius 1 is 0.479 bits per heavy atom. The molecular weight excluding hydrogens is 619 g/mol. The predicted molar refractivity (Wildman–Crippen MR) is 210 cm³/mol. The van der Waals surface area contributed by atoms with E-state index in [1.807, 2.05) is 22.7 Å². The molecule has 0 radical (unpaired) electrons. The van der Waals surface area contributed by atoms with Crippen molar-refractivity contribution in [2.45, 2.75) is 19.3 Å². The second kappa shape index (κ2) is 9.44. The summed E-state index contributed by atoms with van der Waals surface area (Å²) in [5.41, 5.74) is 11.9. The van der Waals surface area contributed by atoms with Crippen LogP contribution in [0.1, 0.15) is 25.0 Å². The summed E-state index contributed by atoms with van der Waals surface area (Å²) in [6, 6.07) is 52.3. The first-order valence-corrected chi connectivity index (χ1v) is 18.2. The summed E-state index contributed by atoms with van der Waals surface area (Å²) in [4.78, 5) is 0. The lowest BCUT2D eigenvalue weighted by molar-refractivity contribution is 0.661. The Bertz CT molecular complexity index is 2980. The van der Waals surface area contributed by atoms with E-state index < -0.39 is 0 Å². The van der Waals surface area contributed by atoms with E-state index >= 15 is 0 Å². The maximum absolute atomic E-state index is 2.53. The van der Waals surface area contributed by atoms with Crippen molar-refractivity contribution >= 4 is 84.8 Å². The Morgan fingerprint density at radius 3 is 2.08 bits per heavy atom. The highest BCUT2D eigenvalue weighted by atomic mass is 32.1.